The first-order valence-corrected chi connectivity index (χ1v) is 7.46. The average molecular weight is 355 g/mol. The minimum atomic E-state index is -0.450. The number of piperidine rings is 1. The first kappa shape index (κ1) is 15.7. The minimum absolute atomic E-state index is 0.142. The molecule has 3 N–H and O–H groups in total. The summed E-state index contributed by atoms with van der Waals surface area (Å²) in [7, 11) is 0. The molecule has 1 aromatic rings. The van der Waals surface area contributed by atoms with Crippen molar-refractivity contribution in [2.75, 3.05) is 25.0 Å². The summed E-state index contributed by atoms with van der Waals surface area (Å²) in [5.41, 5.74) is 5.82. The van der Waals surface area contributed by atoms with Crippen LogP contribution < -0.4 is 11.1 Å². The van der Waals surface area contributed by atoms with Crippen molar-refractivity contribution in [3.63, 3.8) is 0 Å². The molecule has 1 heterocycles. The Balaban J connectivity index is 1.97. The minimum Gasteiger partial charge on any atom is -0.380 e. The third-order valence-electron chi connectivity index (χ3n) is 3.53. The number of likely N-dealkylation sites (tertiary alicyclic amines) is 1. The van der Waals surface area contributed by atoms with Gasteiger partial charge in [0.1, 0.15) is 6.07 Å². The summed E-state index contributed by atoms with van der Waals surface area (Å²) in [4.78, 5) is 12.9. The molecule has 21 heavy (non-hydrogen) atoms. The molecule has 0 aromatic heterocycles. The summed E-state index contributed by atoms with van der Waals surface area (Å²) in [6, 6.07) is 5.23. The van der Waals surface area contributed by atoms with Gasteiger partial charge in [-0.3, -0.25) is 9.69 Å². The van der Waals surface area contributed by atoms with Crippen molar-refractivity contribution < 1.29 is 9.18 Å². The fourth-order valence-corrected chi connectivity index (χ4v) is 2.86. The van der Waals surface area contributed by atoms with Gasteiger partial charge in [-0.25, -0.2) is 4.39 Å². The van der Waals surface area contributed by atoms with Gasteiger partial charge in [-0.2, -0.15) is 5.26 Å². The van der Waals surface area contributed by atoms with Crippen LogP contribution in [0.15, 0.2) is 16.6 Å². The normalized spacial score (nSPS) is 16.4. The summed E-state index contributed by atoms with van der Waals surface area (Å²) in [6.07, 6.45) is 1.62. The highest BCUT2D eigenvalue weighted by Gasteiger charge is 2.21. The Morgan fingerprint density at radius 3 is 2.76 bits per heavy atom. The van der Waals surface area contributed by atoms with Crippen LogP contribution in [0.5, 0.6) is 0 Å². The van der Waals surface area contributed by atoms with Crippen LogP contribution in [-0.4, -0.2) is 36.5 Å². The number of carbonyl (C=O) groups excluding carboxylic acids is 1. The SMILES string of the molecule is N#Cc1ccc(NC2CCN(CC(N)=O)CC2)c(F)c1Br. The monoisotopic (exact) mass is 354 g/mol. The maximum Gasteiger partial charge on any atom is 0.231 e. The highest BCUT2D eigenvalue weighted by atomic mass is 79.9. The van der Waals surface area contributed by atoms with Crippen molar-refractivity contribution in [3.05, 3.63) is 28.0 Å². The Morgan fingerprint density at radius 1 is 1.52 bits per heavy atom. The first-order chi connectivity index (χ1) is 10.0. The van der Waals surface area contributed by atoms with Gasteiger partial charge in [0.05, 0.1) is 22.3 Å². The van der Waals surface area contributed by atoms with Gasteiger partial charge >= 0.3 is 0 Å². The Kier molecular flexibility index (Phi) is 5.15. The third-order valence-corrected chi connectivity index (χ3v) is 4.30. The highest BCUT2D eigenvalue weighted by molar-refractivity contribution is 9.10. The number of halogens is 2. The number of benzene rings is 1. The first-order valence-electron chi connectivity index (χ1n) is 6.66. The fraction of sp³-hybridized carbons (Fsp3) is 0.429. The number of nitriles is 1. The largest absolute Gasteiger partial charge is 0.380 e. The van der Waals surface area contributed by atoms with E-state index in [9.17, 15) is 9.18 Å². The van der Waals surface area contributed by atoms with Crippen molar-refractivity contribution >= 4 is 27.5 Å². The Bertz CT molecular complexity index is 579. The Hall–Kier alpha value is -1.65. The van der Waals surface area contributed by atoms with Gasteiger partial charge in [-0.1, -0.05) is 0 Å². The molecule has 5 nitrogen and oxygen atoms in total. The molecule has 1 aromatic carbocycles. The summed E-state index contributed by atoms with van der Waals surface area (Å²) in [5.74, 6) is -0.780. The van der Waals surface area contributed by atoms with E-state index >= 15 is 0 Å². The van der Waals surface area contributed by atoms with Crippen LogP contribution in [0.1, 0.15) is 18.4 Å². The predicted octanol–water partition coefficient (Wildman–Crippen LogP) is 1.82. The standard InChI is InChI=1S/C14H16BrFN4O/c15-13-9(7-17)1-2-11(14(13)16)19-10-3-5-20(6-4-10)8-12(18)21/h1-2,10,19H,3-6,8H2,(H2,18,21). The molecule has 0 aliphatic carbocycles. The van der Waals surface area contributed by atoms with Crippen molar-refractivity contribution in [1.82, 2.24) is 4.90 Å². The zero-order chi connectivity index (χ0) is 15.4. The van der Waals surface area contributed by atoms with Gasteiger partial charge in [-0.05, 0) is 40.9 Å². The van der Waals surface area contributed by atoms with E-state index in [0.717, 1.165) is 25.9 Å². The van der Waals surface area contributed by atoms with Crippen molar-refractivity contribution in [3.8, 4) is 6.07 Å². The molecule has 1 aliphatic heterocycles. The van der Waals surface area contributed by atoms with Crippen molar-refractivity contribution in [1.29, 1.82) is 5.26 Å². The predicted molar refractivity (Wildman–Crippen MR) is 81.1 cm³/mol. The second kappa shape index (κ2) is 6.87. The van der Waals surface area contributed by atoms with Crippen molar-refractivity contribution in [2.45, 2.75) is 18.9 Å². The lowest BCUT2D eigenvalue weighted by molar-refractivity contribution is -0.119. The molecular weight excluding hydrogens is 339 g/mol. The number of hydrogen-bond donors (Lipinski definition) is 2. The molecule has 112 valence electrons. The molecule has 1 fully saturated rings. The van der Waals surface area contributed by atoms with Gasteiger partial charge in [0.15, 0.2) is 5.82 Å². The van der Waals surface area contributed by atoms with E-state index in [2.05, 4.69) is 21.2 Å². The molecule has 0 atom stereocenters. The van der Waals surface area contributed by atoms with Crippen molar-refractivity contribution in [2.24, 2.45) is 5.73 Å². The lowest BCUT2D eigenvalue weighted by Gasteiger charge is -2.32. The number of nitrogens with one attached hydrogen (secondary N) is 1. The number of rotatable bonds is 4. The molecule has 7 heteroatoms. The Labute approximate surface area is 131 Å². The number of nitrogens with two attached hydrogens (primary N) is 1. The summed E-state index contributed by atoms with van der Waals surface area (Å²) in [6.45, 7) is 1.77. The molecule has 0 radical (unpaired) electrons. The number of primary amides is 1. The Morgan fingerprint density at radius 2 is 2.19 bits per heavy atom. The van der Waals surface area contributed by atoms with Gasteiger partial charge in [0, 0.05) is 19.1 Å². The second-order valence-electron chi connectivity index (χ2n) is 5.06. The molecule has 1 aliphatic rings. The van der Waals surface area contributed by atoms with Gasteiger partial charge < -0.3 is 11.1 Å². The van der Waals surface area contributed by atoms with E-state index < -0.39 is 5.82 Å². The van der Waals surface area contributed by atoms with Gasteiger partial charge in [-0.15, -0.1) is 0 Å². The smallest absolute Gasteiger partial charge is 0.231 e. The molecule has 1 amide bonds. The molecule has 1 saturated heterocycles. The third kappa shape index (κ3) is 3.93. The quantitative estimate of drug-likeness (QED) is 0.863. The zero-order valence-electron chi connectivity index (χ0n) is 11.4. The molecule has 0 spiro atoms. The summed E-state index contributed by atoms with van der Waals surface area (Å²) in [5, 5.41) is 12.0. The fourth-order valence-electron chi connectivity index (χ4n) is 2.42. The maximum absolute atomic E-state index is 14.1. The van der Waals surface area contributed by atoms with Crippen LogP contribution in [-0.2, 0) is 4.79 Å². The summed E-state index contributed by atoms with van der Waals surface area (Å²) >= 11 is 3.10. The van der Waals surface area contributed by atoms with E-state index in [1.807, 2.05) is 11.0 Å². The number of nitrogens with zero attached hydrogens (tertiary/aromatic N) is 2. The topological polar surface area (TPSA) is 82.2 Å². The molecule has 2 rings (SSSR count). The lowest BCUT2D eigenvalue weighted by atomic mass is 10.0. The number of amides is 1. The van der Waals surface area contributed by atoms with E-state index in [0.29, 0.717) is 5.69 Å². The maximum atomic E-state index is 14.1. The van der Waals surface area contributed by atoms with Crippen LogP contribution in [0.4, 0.5) is 10.1 Å². The molecular formula is C14H16BrFN4O. The zero-order valence-corrected chi connectivity index (χ0v) is 13.0. The number of hydrogen-bond acceptors (Lipinski definition) is 4. The second-order valence-corrected chi connectivity index (χ2v) is 5.85. The molecule has 0 bridgehead atoms. The number of carbonyl (C=O) groups is 1. The molecule has 0 unspecified atom stereocenters. The van der Waals surface area contributed by atoms with Crippen LogP contribution in [0.3, 0.4) is 0 Å². The summed E-state index contributed by atoms with van der Waals surface area (Å²) < 4.78 is 14.3. The van der Waals surface area contributed by atoms with Crippen LogP contribution in [0.2, 0.25) is 0 Å². The average Bonchev–Trinajstić information content (AvgIpc) is 2.45. The highest BCUT2D eigenvalue weighted by Crippen LogP contribution is 2.28. The van der Waals surface area contributed by atoms with E-state index in [1.54, 1.807) is 12.1 Å². The van der Waals surface area contributed by atoms with Crippen LogP contribution >= 0.6 is 15.9 Å². The van der Waals surface area contributed by atoms with E-state index in [4.69, 9.17) is 11.0 Å². The van der Waals surface area contributed by atoms with Gasteiger partial charge in [0.25, 0.3) is 0 Å². The molecule has 0 saturated carbocycles. The van der Waals surface area contributed by atoms with Gasteiger partial charge in [0.2, 0.25) is 5.91 Å². The van der Waals surface area contributed by atoms with E-state index in [-0.39, 0.29) is 28.5 Å². The number of anilines is 1. The lowest BCUT2D eigenvalue weighted by Crippen LogP contribution is -2.43. The van der Waals surface area contributed by atoms with Crippen LogP contribution in [0.25, 0.3) is 0 Å². The van der Waals surface area contributed by atoms with E-state index in [1.165, 1.54) is 0 Å². The van der Waals surface area contributed by atoms with Crippen LogP contribution in [0, 0.1) is 17.1 Å².